The number of hydrogen-bond donors (Lipinski definition) is 2. The molecule has 0 bridgehead atoms. The van der Waals surface area contributed by atoms with Crippen LogP contribution in [0.25, 0.3) is 0 Å². The lowest BCUT2D eigenvalue weighted by atomic mass is 10.2. The maximum Gasteiger partial charge on any atom is 0.262 e. The van der Waals surface area contributed by atoms with E-state index in [1.807, 2.05) is 19.9 Å². The molecular weight excluding hydrogens is 346 g/mol. The fraction of sp³-hybridized carbons (Fsp3) is 0.250. The number of rotatable bonds is 8. The van der Waals surface area contributed by atoms with E-state index in [1.54, 1.807) is 42.5 Å². The van der Waals surface area contributed by atoms with Crippen molar-refractivity contribution in [1.29, 1.82) is 5.26 Å². The van der Waals surface area contributed by atoms with E-state index in [2.05, 4.69) is 10.6 Å². The molecule has 2 rings (SSSR count). The Morgan fingerprint density at radius 1 is 1.07 bits per heavy atom. The van der Waals surface area contributed by atoms with Crippen molar-refractivity contribution in [3.05, 3.63) is 53.6 Å². The zero-order valence-corrected chi connectivity index (χ0v) is 15.2. The Kier molecular flexibility index (Phi) is 7.20. The Labute approximate surface area is 157 Å². The van der Waals surface area contributed by atoms with Crippen LogP contribution in [0.1, 0.15) is 29.8 Å². The van der Waals surface area contributed by atoms with Crippen molar-refractivity contribution in [2.75, 3.05) is 25.1 Å². The highest BCUT2D eigenvalue weighted by molar-refractivity contribution is 5.97. The summed E-state index contributed by atoms with van der Waals surface area (Å²) in [5.41, 5.74) is 1.40. The largest absolute Gasteiger partial charge is 0.490 e. The Morgan fingerprint density at radius 3 is 2.59 bits per heavy atom. The second-order valence-corrected chi connectivity index (χ2v) is 5.48. The molecule has 27 heavy (non-hydrogen) atoms. The molecular formula is C20H21N3O4. The van der Waals surface area contributed by atoms with E-state index in [-0.39, 0.29) is 18.4 Å². The third-order valence-corrected chi connectivity index (χ3v) is 3.48. The summed E-state index contributed by atoms with van der Waals surface area (Å²) in [7, 11) is 0. The van der Waals surface area contributed by atoms with Gasteiger partial charge >= 0.3 is 0 Å². The molecule has 0 aromatic heterocycles. The van der Waals surface area contributed by atoms with Crippen LogP contribution in [0.3, 0.4) is 0 Å². The molecule has 2 amide bonds. The fourth-order valence-corrected chi connectivity index (χ4v) is 2.31. The minimum Gasteiger partial charge on any atom is -0.490 e. The zero-order chi connectivity index (χ0) is 19.6. The minimum absolute atomic E-state index is 0.205. The SMILES string of the molecule is CCNC(=O)c1cccc(NC(=O)COc2ccc(C#N)cc2OCC)c1. The molecule has 0 heterocycles. The van der Waals surface area contributed by atoms with Crippen molar-refractivity contribution >= 4 is 17.5 Å². The molecule has 0 aliphatic heterocycles. The van der Waals surface area contributed by atoms with Crippen LogP contribution in [-0.2, 0) is 4.79 Å². The first-order chi connectivity index (χ1) is 13.1. The summed E-state index contributed by atoms with van der Waals surface area (Å²) in [4.78, 5) is 24.0. The molecule has 0 fully saturated rings. The molecule has 2 aromatic rings. The number of ether oxygens (including phenoxy) is 2. The number of anilines is 1. The fourth-order valence-electron chi connectivity index (χ4n) is 2.31. The van der Waals surface area contributed by atoms with Gasteiger partial charge in [-0.25, -0.2) is 0 Å². The third kappa shape index (κ3) is 5.75. The van der Waals surface area contributed by atoms with Crippen LogP contribution in [-0.4, -0.2) is 31.6 Å². The molecule has 0 atom stereocenters. The van der Waals surface area contributed by atoms with Gasteiger partial charge in [-0.05, 0) is 44.2 Å². The molecule has 0 saturated carbocycles. The first-order valence-electron chi connectivity index (χ1n) is 8.55. The Balaban J connectivity index is 2.00. The third-order valence-electron chi connectivity index (χ3n) is 3.48. The van der Waals surface area contributed by atoms with E-state index in [1.165, 1.54) is 0 Å². The first kappa shape index (κ1) is 19.8. The van der Waals surface area contributed by atoms with E-state index < -0.39 is 0 Å². The minimum atomic E-state index is -0.380. The van der Waals surface area contributed by atoms with Crippen molar-refractivity contribution in [1.82, 2.24) is 5.32 Å². The molecule has 0 radical (unpaired) electrons. The van der Waals surface area contributed by atoms with Crippen molar-refractivity contribution in [2.24, 2.45) is 0 Å². The molecule has 0 unspecified atom stereocenters. The Morgan fingerprint density at radius 2 is 1.89 bits per heavy atom. The summed E-state index contributed by atoms with van der Waals surface area (Å²) in [6.07, 6.45) is 0. The number of nitrogens with zero attached hydrogens (tertiary/aromatic N) is 1. The van der Waals surface area contributed by atoms with Gasteiger partial charge < -0.3 is 20.1 Å². The summed E-state index contributed by atoms with van der Waals surface area (Å²) in [6, 6.07) is 13.4. The lowest BCUT2D eigenvalue weighted by molar-refractivity contribution is -0.118. The van der Waals surface area contributed by atoms with Crippen molar-refractivity contribution in [2.45, 2.75) is 13.8 Å². The average Bonchev–Trinajstić information content (AvgIpc) is 2.67. The quantitative estimate of drug-likeness (QED) is 0.747. The molecule has 7 nitrogen and oxygen atoms in total. The normalized spacial score (nSPS) is 9.81. The summed E-state index contributed by atoms with van der Waals surface area (Å²) >= 11 is 0. The van der Waals surface area contributed by atoms with Crippen molar-refractivity contribution in [3.63, 3.8) is 0 Å². The monoisotopic (exact) mass is 367 g/mol. The topological polar surface area (TPSA) is 100 Å². The van der Waals surface area contributed by atoms with Crippen LogP contribution >= 0.6 is 0 Å². The highest BCUT2D eigenvalue weighted by atomic mass is 16.5. The predicted molar refractivity (Wildman–Crippen MR) is 101 cm³/mol. The van der Waals surface area contributed by atoms with Crippen LogP contribution < -0.4 is 20.1 Å². The number of benzene rings is 2. The van der Waals surface area contributed by atoms with Gasteiger partial charge in [0.25, 0.3) is 11.8 Å². The Hall–Kier alpha value is -3.53. The summed E-state index contributed by atoms with van der Waals surface area (Å²) in [5, 5.41) is 14.3. The van der Waals surface area contributed by atoms with E-state index in [0.717, 1.165) is 0 Å². The van der Waals surface area contributed by atoms with Gasteiger partial charge in [-0.15, -0.1) is 0 Å². The van der Waals surface area contributed by atoms with Crippen LogP contribution in [0.2, 0.25) is 0 Å². The number of amides is 2. The predicted octanol–water partition coefficient (Wildman–Crippen LogP) is 2.72. The highest BCUT2D eigenvalue weighted by Crippen LogP contribution is 2.28. The van der Waals surface area contributed by atoms with E-state index in [0.29, 0.717) is 41.5 Å². The van der Waals surface area contributed by atoms with E-state index >= 15 is 0 Å². The molecule has 140 valence electrons. The number of nitrogens with one attached hydrogen (secondary N) is 2. The second-order valence-electron chi connectivity index (χ2n) is 5.48. The van der Waals surface area contributed by atoms with Gasteiger partial charge in [0.15, 0.2) is 18.1 Å². The van der Waals surface area contributed by atoms with Crippen molar-refractivity contribution < 1.29 is 19.1 Å². The highest BCUT2D eigenvalue weighted by Gasteiger charge is 2.11. The summed E-state index contributed by atoms with van der Waals surface area (Å²) < 4.78 is 11.0. The van der Waals surface area contributed by atoms with E-state index in [9.17, 15) is 9.59 Å². The number of hydrogen-bond acceptors (Lipinski definition) is 5. The van der Waals surface area contributed by atoms with Gasteiger partial charge in [0.05, 0.1) is 18.2 Å². The number of carbonyl (C=O) groups is 2. The molecule has 0 saturated heterocycles. The lowest BCUT2D eigenvalue weighted by Crippen LogP contribution is -2.23. The summed E-state index contributed by atoms with van der Waals surface area (Å²) in [5.74, 6) is 0.198. The molecule has 0 aliphatic rings. The average molecular weight is 367 g/mol. The van der Waals surface area contributed by atoms with E-state index in [4.69, 9.17) is 14.7 Å². The maximum absolute atomic E-state index is 12.2. The zero-order valence-electron chi connectivity index (χ0n) is 15.2. The molecule has 0 aliphatic carbocycles. The number of carbonyl (C=O) groups excluding carboxylic acids is 2. The van der Waals surface area contributed by atoms with Gasteiger partial charge in [0, 0.05) is 23.9 Å². The standard InChI is InChI=1S/C20H21N3O4/c1-3-22-20(25)15-6-5-7-16(11-15)23-19(24)13-27-17-9-8-14(12-21)10-18(17)26-4-2/h5-11H,3-4,13H2,1-2H3,(H,22,25)(H,23,24). The molecule has 0 spiro atoms. The van der Waals surface area contributed by atoms with Gasteiger partial charge in [0.1, 0.15) is 0 Å². The van der Waals surface area contributed by atoms with Gasteiger partial charge in [-0.2, -0.15) is 5.26 Å². The second kappa shape index (κ2) is 9.82. The van der Waals surface area contributed by atoms with Crippen LogP contribution in [0.5, 0.6) is 11.5 Å². The smallest absolute Gasteiger partial charge is 0.262 e. The molecule has 2 aromatic carbocycles. The van der Waals surface area contributed by atoms with Crippen LogP contribution in [0.15, 0.2) is 42.5 Å². The Bertz CT molecular complexity index is 859. The van der Waals surface area contributed by atoms with Gasteiger partial charge in [0.2, 0.25) is 0 Å². The number of nitriles is 1. The van der Waals surface area contributed by atoms with Crippen LogP contribution in [0, 0.1) is 11.3 Å². The lowest BCUT2D eigenvalue weighted by Gasteiger charge is -2.12. The molecule has 7 heteroatoms. The van der Waals surface area contributed by atoms with Gasteiger partial charge in [-0.3, -0.25) is 9.59 Å². The van der Waals surface area contributed by atoms with Gasteiger partial charge in [-0.1, -0.05) is 6.07 Å². The first-order valence-corrected chi connectivity index (χ1v) is 8.55. The maximum atomic E-state index is 12.2. The molecule has 2 N–H and O–H groups in total. The van der Waals surface area contributed by atoms with Crippen LogP contribution in [0.4, 0.5) is 5.69 Å². The summed E-state index contributed by atoms with van der Waals surface area (Å²) in [6.45, 7) is 4.34. The van der Waals surface area contributed by atoms with Crippen molar-refractivity contribution in [3.8, 4) is 17.6 Å².